The Hall–Kier alpha value is -1.24. The van der Waals surface area contributed by atoms with Crippen LogP contribution in [0.25, 0.3) is 5.65 Å². The lowest BCUT2D eigenvalue weighted by atomic mass is 10.4. The number of halogens is 1. The van der Waals surface area contributed by atoms with Crippen LogP contribution < -0.4 is 0 Å². The van der Waals surface area contributed by atoms with E-state index in [1.165, 1.54) is 10.6 Å². The van der Waals surface area contributed by atoms with Crippen molar-refractivity contribution < 1.29 is 0 Å². The molecule has 0 aliphatic carbocycles. The van der Waals surface area contributed by atoms with Crippen LogP contribution in [0.2, 0.25) is 0 Å². The second kappa shape index (κ2) is 5.40. The Morgan fingerprint density at radius 2 is 2.26 bits per heavy atom. The number of aromatic nitrogens is 3. The molecule has 3 aromatic heterocycles. The van der Waals surface area contributed by atoms with Gasteiger partial charge in [0.15, 0.2) is 5.65 Å². The largest absolute Gasteiger partial charge is 0.300 e. The highest BCUT2D eigenvalue weighted by molar-refractivity contribution is 9.10. The lowest BCUT2D eigenvalue weighted by Gasteiger charge is -2.15. The molecule has 0 N–H and O–H groups in total. The van der Waals surface area contributed by atoms with E-state index in [1.54, 1.807) is 23.7 Å². The lowest BCUT2D eigenvalue weighted by Crippen LogP contribution is -2.17. The number of nitrogens with zero attached hydrogens (tertiary/aromatic N) is 4. The smallest absolute Gasteiger partial charge is 0.155 e. The molecule has 19 heavy (non-hydrogen) atoms. The summed E-state index contributed by atoms with van der Waals surface area (Å²) in [5, 5.41) is 2.11. The van der Waals surface area contributed by atoms with Gasteiger partial charge in [-0.3, -0.25) is 14.3 Å². The van der Waals surface area contributed by atoms with Crippen LogP contribution in [-0.2, 0) is 13.1 Å². The Morgan fingerprint density at radius 1 is 1.37 bits per heavy atom. The first-order chi connectivity index (χ1) is 9.22. The Labute approximate surface area is 123 Å². The molecule has 3 rings (SSSR count). The minimum Gasteiger partial charge on any atom is -0.300 e. The average molecular weight is 337 g/mol. The van der Waals surface area contributed by atoms with E-state index >= 15 is 0 Å². The van der Waals surface area contributed by atoms with Crippen LogP contribution in [-0.4, -0.2) is 26.3 Å². The molecule has 0 fully saturated rings. The van der Waals surface area contributed by atoms with Crippen LogP contribution in [0.3, 0.4) is 0 Å². The number of imidazole rings is 1. The monoisotopic (exact) mass is 336 g/mol. The first kappa shape index (κ1) is 12.8. The number of fused-ring (bicyclic) bond motifs is 1. The number of hydrogen-bond acceptors (Lipinski definition) is 4. The molecule has 4 nitrogen and oxygen atoms in total. The number of hydrogen-bond donors (Lipinski definition) is 0. The van der Waals surface area contributed by atoms with Gasteiger partial charge in [-0.1, -0.05) is 0 Å². The summed E-state index contributed by atoms with van der Waals surface area (Å²) in [5.74, 6) is 0. The Bertz CT molecular complexity index is 691. The highest BCUT2D eigenvalue weighted by Gasteiger charge is 2.08. The van der Waals surface area contributed by atoms with Crippen LogP contribution in [0, 0.1) is 0 Å². The molecular weight excluding hydrogens is 324 g/mol. The summed E-state index contributed by atoms with van der Waals surface area (Å²) >= 11 is 5.26. The van der Waals surface area contributed by atoms with Gasteiger partial charge in [0.25, 0.3) is 0 Å². The molecule has 0 saturated carbocycles. The van der Waals surface area contributed by atoms with Gasteiger partial charge in [-0.25, -0.2) is 4.98 Å². The molecule has 0 aromatic carbocycles. The molecule has 3 heterocycles. The minimum atomic E-state index is 0.862. The van der Waals surface area contributed by atoms with Crippen molar-refractivity contribution >= 4 is 32.9 Å². The molecule has 0 bridgehead atoms. The Balaban J connectivity index is 1.74. The number of rotatable bonds is 4. The van der Waals surface area contributed by atoms with Gasteiger partial charge in [0, 0.05) is 40.2 Å². The maximum atomic E-state index is 4.35. The quantitative estimate of drug-likeness (QED) is 0.733. The summed E-state index contributed by atoms with van der Waals surface area (Å²) < 4.78 is 3.23. The second-order valence-corrected chi connectivity index (χ2v) is 6.37. The third-order valence-electron chi connectivity index (χ3n) is 2.87. The summed E-state index contributed by atoms with van der Waals surface area (Å²) in [6.07, 6.45) is 7.43. The van der Waals surface area contributed by atoms with Crippen molar-refractivity contribution in [1.82, 2.24) is 19.3 Å². The zero-order valence-electron chi connectivity index (χ0n) is 10.5. The highest BCUT2D eigenvalue weighted by Crippen LogP contribution is 2.21. The summed E-state index contributed by atoms with van der Waals surface area (Å²) in [7, 11) is 2.12. The molecule has 0 atom stereocenters. The second-order valence-electron chi connectivity index (χ2n) is 4.46. The van der Waals surface area contributed by atoms with Gasteiger partial charge in [-0.2, -0.15) is 0 Å². The van der Waals surface area contributed by atoms with E-state index in [0.717, 1.165) is 23.2 Å². The maximum Gasteiger partial charge on any atom is 0.155 e. The van der Waals surface area contributed by atoms with E-state index in [1.807, 2.05) is 12.4 Å². The third-order valence-corrected chi connectivity index (χ3v) is 4.56. The van der Waals surface area contributed by atoms with Crippen molar-refractivity contribution in [2.75, 3.05) is 7.05 Å². The molecule has 98 valence electrons. The van der Waals surface area contributed by atoms with Crippen molar-refractivity contribution in [2.24, 2.45) is 0 Å². The maximum absolute atomic E-state index is 4.35. The topological polar surface area (TPSA) is 33.4 Å². The van der Waals surface area contributed by atoms with Crippen LogP contribution in [0.4, 0.5) is 0 Å². The number of thiophene rings is 1. The standard InChI is InChI=1S/C13H13BrN4S/c1-17(8-12-4-10(14)9-19-12)7-11-5-16-13-6-15-2-3-18(11)13/h2-6,9H,7-8H2,1H3. The normalized spacial score (nSPS) is 11.5. The molecule has 0 aliphatic rings. The molecule has 0 radical (unpaired) electrons. The molecular formula is C13H13BrN4S. The van der Waals surface area contributed by atoms with Crippen molar-refractivity contribution in [2.45, 2.75) is 13.1 Å². The molecule has 0 unspecified atom stereocenters. The predicted molar refractivity (Wildman–Crippen MR) is 80.2 cm³/mol. The van der Waals surface area contributed by atoms with Gasteiger partial charge in [-0.05, 0) is 29.0 Å². The fourth-order valence-corrected chi connectivity index (χ4v) is 3.58. The van der Waals surface area contributed by atoms with Gasteiger partial charge in [0.2, 0.25) is 0 Å². The van der Waals surface area contributed by atoms with Gasteiger partial charge >= 0.3 is 0 Å². The molecule has 6 heteroatoms. The van der Waals surface area contributed by atoms with E-state index in [-0.39, 0.29) is 0 Å². The SMILES string of the molecule is CN(Cc1cc(Br)cs1)Cc1cnc2cnccn12. The Morgan fingerprint density at radius 3 is 3.05 bits per heavy atom. The summed E-state index contributed by atoms with van der Waals surface area (Å²) in [5.41, 5.74) is 2.07. The highest BCUT2D eigenvalue weighted by atomic mass is 79.9. The first-order valence-electron chi connectivity index (χ1n) is 5.90. The fourth-order valence-electron chi connectivity index (χ4n) is 2.05. The predicted octanol–water partition coefficient (Wildman–Crippen LogP) is 3.19. The molecule has 0 aliphatic heterocycles. The van der Waals surface area contributed by atoms with Crippen molar-refractivity contribution in [3.8, 4) is 0 Å². The van der Waals surface area contributed by atoms with E-state index in [0.29, 0.717) is 0 Å². The molecule has 0 saturated heterocycles. The van der Waals surface area contributed by atoms with Gasteiger partial charge in [0.05, 0.1) is 18.1 Å². The van der Waals surface area contributed by atoms with Crippen molar-refractivity contribution in [3.63, 3.8) is 0 Å². The van der Waals surface area contributed by atoms with Crippen LogP contribution in [0.5, 0.6) is 0 Å². The fraction of sp³-hybridized carbons (Fsp3) is 0.231. The zero-order valence-corrected chi connectivity index (χ0v) is 12.9. The minimum absolute atomic E-state index is 0.862. The lowest BCUT2D eigenvalue weighted by molar-refractivity contribution is 0.317. The van der Waals surface area contributed by atoms with Crippen LogP contribution in [0.1, 0.15) is 10.6 Å². The first-order valence-corrected chi connectivity index (χ1v) is 7.57. The van der Waals surface area contributed by atoms with E-state index in [4.69, 9.17) is 0 Å². The van der Waals surface area contributed by atoms with Crippen LogP contribution in [0.15, 0.2) is 40.7 Å². The van der Waals surface area contributed by atoms with Gasteiger partial charge in [0.1, 0.15) is 0 Å². The van der Waals surface area contributed by atoms with E-state index in [2.05, 4.69) is 53.7 Å². The van der Waals surface area contributed by atoms with E-state index in [9.17, 15) is 0 Å². The van der Waals surface area contributed by atoms with Crippen molar-refractivity contribution in [3.05, 3.63) is 51.3 Å². The molecule has 3 aromatic rings. The van der Waals surface area contributed by atoms with E-state index < -0.39 is 0 Å². The molecule has 0 amide bonds. The molecule has 0 spiro atoms. The summed E-state index contributed by atoms with van der Waals surface area (Å²) in [4.78, 5) is 12.1. The summed E-state index contributed by atoms with van der Waals surface area (Å²) in [6, 6.07) is 2.17. The van der Waals surface area contributed by atoms with Crippen LogP contribution >= 0.6 is 27.3 Å². The third kappa shape index (κ3) is 2.86. The van der Waals surface area contributed by atoms with Gasteiger partial charge in [-0.15, -0.1) is 11.3 Å². The Kier molecular flexibility index (Phi) is 3.63. The van der Waals surface area contributed by atoms with Gasteiger partial charge < -0.3 is 0 Å². The summed E-state index contributed by atoms with van der Waals surface area (Å²) in [6.45, 7) is 1.80. The van der Waals surface area contributed by atoms with Crippen molar-refractivity contribution in [1.29, 1.82) is 0 Å². The average Bonchev–Trinajstić information content (AvgIpc) is 2.97. The zero-order chi connectivity index (χ0) is 13.2.